The average molecular weight is 193 g/mol. The van der Waals surface area contributed by atoms with Crippen molar-refractivity contribution in [2.75, 3.05) is 5.32 Å². The Morgan fingerprint density at radius 3 is 2.50 bits per heavy atom. The van der Waals surface area contributed by atoms with E-state index in [1.807, 2.05) is 13.8 Å². The predicted molar refractivity (Wildman–Crippen MR) is 59.5 cm³/mol. The van der Waals surface area contributed by atoms with Gasteiger partial charge in [0, 0.05) is 12.2 Å². The van der Waals surface area contributed by atoms with Gasteiger partial charge in [-0.3, -0.25) is 4.98 Å². The Morgan fingerprint density at radius 2 is 1.93 bits per heavy atom. The SMILES string of the molecule is CCC(CC)Nc1nc(C)cnc1C. The second-order valence-corrected chi connectivity index (χ2v) is 3.60. The highest BCUT2D eigenvalue weighted by Crippen LogP contribution is 2.12. The summed E-state index contributed by atoms with van der Waals surface area (Å²) in [6.07, 6.45) is 4.03. The molecule has 1 aromatic heterocycles. The van der Waals surface area contributed by atoms with E-state index >= 15 is 0 Å². The summed E-state index contributed by atoms with van der Waals surface area (Å²) in [6, 6.07) is 0.504. The third kappa shape index (κ3) is 2.69. The largest absolute Gasteiger partial charge is 0.366 e. The molecule has 0 aromatic carbocycles. The average Bonchev–Trinajstić information content (AvgIpc) is 2.19. The summed E-state index contributed by atoms with van der Waals surface area (Å²) >= 11 is 0. The van der Waals surface area contributed by atoms with Crippen LogP contribution < -0.4 is 5.32 Å². The van der Waals surface area contributed by atoms with Crippen molar-refractivity contribution in [3.05, 3.63) is 17.6 Å². The summed E-state index contributed by atoms with van der Waals surface area (Å²) in [5.74, 6) is 0.929. The molecule has 0 saturated heterocycles. The van der Waals surface area contributed by atoms with Gasteiger partial charge in [-0.2, -0.15) is 0 Å². The number of nitrogens with one attached hydrogen (secondary N) is 1. The Kier molecular flexibility index (Phi) is 3.86. The van der Waals surface area contributed by atoms with Gasteiger partial charge in [0.1, 0.15) is 5.82 Å². The first-order valence-corrected chi connectivity index (χ1v) is 5.24. The third-order valence-electron chi connectivity index (χ3n) is 2.40. The van der Waals surface area contributed by atoms with Gasteiger partial charge < -0.3 is 5.32 Å². The van der Waals surface area contributed by atoms with Gasteiger partial charge in [0.05, 0.1) is 11.4 Å². The molecule has 3 nitrogen and oxygen atoms in total. The maximum atomic E-state index is 4.43. The van der Waals surface area contributed by atoms with Crippen molar-refractivity contribution in [3.8, 4) is 0 Å². The molecule has 0 bridgehead atoms. The summed E-state index contributed by atoms with van der Waals surface area (Å²) in [7, 11) is 0. The maximum absolute atomic E-state index is 4.43. The Labute approximate surface area is 86.0 Å². The minimum Gasteiger partial charge on any atom is -0.366 e. The molecule has 0 radical (unpaired) electrons. The summed E-state index contributed by atoms with van der Waals surface area (Å²) in [5.41, 5.74) is 1.94. The maximum Gasteiger partial charge on any atom is 0.147 e. The van der Waals surface area contributed by atoms with Crippen LogP contribution in [-0.2, 0) is 0 Å². The van der Waals surface area contributed by atoms with Crippen LogP contribution in [0.5, 0.6) is 0 Å². The molecule has 3 heteroatoms. The van der Waals surface area contributed by atoms with Crippen molar-refractivity contribution in [2.45, 2.75) is 46.6 Å². The lowest BCUT2D eigenvalue weighted by atomic mass is 10.2. The molecule has 14 heavy (non-hydrogen) atoms. The van der Waals surface area contributed by atoms with E-state index in [1.165, 1.54) is 0 Å². The molecule has 0 aliphatic heterocycles. The molecule has 0 unspecified atom stereocenters. The first-order chi connectivity index (χ1) is 6.67. The first kappa shape index (κ1) is 11.0. The van der Waals surface area contributed by atoms with Crippen LogP contribution in [0.15, 0.2) is 6.20 Å². The summed E-state index contributed by atoms with van der Waals surface area (Å²) in [4.78, 5) is 8.71. The number of nitrogens with zero attached hydrogens (tertiary/aromatic N) is 2. The zero-order chi connectivity index (χ0) is 10.6. The van der Waals surface area contributed by atoms with Gasteiger partial charge in [0.25, 0.3) is 0 Å². The van der Waals surface area contributed by atoms with Crippen molar-refractivity contribution in [2.24, 2.45) is 0 Å². The quantitative estimate of drug-likeness (QED) is 0.799. The van der Waals surface area contributed by atoms with Crippen molar-refractivity contribution in [3.63, 3.8) is 0 Å². The van der Waals surface area contributed by atoms with E-state index in [0.717, 1.165) is 30.0 Å². The van der Waals surface area contributed by atoms with Gasteiger partial charge in [-0.15, -0.1) is 0 Å². The predicted octanol–water partition coefficient (Wildman–Crippen LogP) is 2.69. The number of anilines is 1. The second-order valence-electron chi connectivity index (χ2n) is 3.60. The minimum atomic E-state index is 0.504. The lowest BCUT2D eigenvalue weighted by molar-refractivity contribution is 0.666. The van der Waals surface area contributed by atoms with Crippen molar-refractivity contribution in [1.82, 2.24) is 9.97 Å². The summed E-state index contributed by atoms with van der Waals surface area (Å²) < 4.78 is 0. The topological polar surface area (TPSA) is 37.8 Å². The van der Waals surface area contributed by atoms with Crippen molar-refractivity contribution in [1.29, 1.82) is 0 Å². The molecule has 0 fully saturated rings. The Bertz CT molecular complexity index is 293. The van der Waals surface area contributed by atoms with E-state index in [-0.39, 0.29) is 0 Å². The van der Waals surface area contributed by atoms with Crippen molar-refractivity contribution >= 4 is 5.82 Å². The van der Waals surface area contributed by atoms with Crippen LogP contribution in [0.25, 0.3) is 0 Å². The van der Waals surface area contributed by atoms with E-state index in [9.17, 15) is 0 Å². The monoisotopic (exact) mass is 193 g/mol. The summed E-state index contributed by atoms with van der Waals surface area (Å²) in [6.45, 7) is 8.31. The first-order valence-electron chi connectivity index (χ1n) is 5.24. The van der Waals surface area contributed by atoms with Crippen molar-refractivity contribution < 1.29 is 0 Å². The molecule has 1 rings (SSSR count). The molecule has 0 aliphatic carbocycles. The van der Waals surface area contributed by atoms with Gasteiger partial charge in [-0.1, -0.05) is 13.8 Å². The van der Waals surface area contributed by atoms with Gasteiger partial charge >= 0.3 is 0 Å². The zero-order valence-corrected chi connectivity index (χ0v) is 9.46. The molecule has 0 atom stereocenters. The van der Waals surface area contributed by atoms with Crippen LogP contribution in [-0.4, -0.2) is 16.0 Å². The number of aromatic nitrogens is 2. The third-order valence-corrected chi connectivity index (χ3v) is 2.40. The Morgan fingerprint density at radius 1 is 1.29 bits per heavy atom. The van der Waals surface area contributed by atoms with Gasteiger partial charge in [-0.05, 0) is 26.7 Å². The fourth-order valence-electron chi connectivity index (χ4n) is 1.36. The van der Waals surface area contributed by atoms with Crippen LogP contribution >= 0.6 is 0 Å². The van der Waals surface area contributed by atoms with E-state index < -0.39 is 0 Å². The zero-order valence-electron chi connectivity index (χ0n) is 9.46. The van der Waals surface area contributed by atoms with Gasteiger partial charge in [0.2, 0.25) is 0 Å². The Hall–Kier alpha value is -1.12. The molecule has 0 saturated carbocycles. The number of hydrogen-bond donors (Lipinski definition) is 1. The van der Waals surface area contributed by atoms with Crippen LogP contribution in [0.3, 0.4) is 0 Å². The van der Waals surface area contributed by atoms with Gasteiger partial charge in [0.15, 0.2) is 0 Å². The van der Waals surface area contributed by atoms with E-state index in [0.29, 0.717) is 6.04 Å². The fraction of sp³-hybridized carbons (Fsp3) is 0.636. The summed E-state index contributed by atoms with van der Waals surface area (Å²) in [5, 5.41) is 3.41. The smallest absolute Gasteiger partial charge is 0.147 e. The number of rotatable bonds is 4. The van der Waals surface area contributed by atoms with Crippen LogP contribution in [0.4, 0.5) is 5.82 Å². The van der Waals surface area contributed by atoms with E-state index in [1.54, 1.807) is 6.20 Å². The van der Waals surface area contributed by atoms with Crippen LogP contribution in [0, 0.1) is 13.8 Å². The number of aryl methyl sites for hydroxylation is 2. The molecule has 0 spiro atoms. The normalized spacial score (nSPS) is 10.6. The van der Waals surface area contributed by atoms with E-state index in [2.05, 4.69) is 29.1 Å². The highest BCUT2D eigenvalue weighted by atomic mass is 15.0. The highest BCUT2D eigenvalue weighted by Gasteiger charge is 2.06. The standard InChI is InChI=1S/C11H19N3/c1-5-10(6-2)14-11-9(4)12-7-8(3)13-11/h7,10H,5-6H2,1-4H3,(H,13,14). The molecule has 0 amide bonds. The lowest BCUT2D eigenvalue weighted by Gasteiger charge is -2.16. The number of hydrogen-bond acceptors (Lipinski definition) is 3. The fourth-order valence-corrected chi connectivity index (χ4v) is 1.36. The minimum absolute atomic E-state index is 0.504. The molecule has 1 heterocycles. The Balaban J connectivity index is 2.79. The molecular weight excluding hydrogens is 174 g/mol. The lowest BCUT2D eigenvalue weighted by Crippen LogP contribution is -2.19. The molecule has 1 aromatic rings. The van der Waals surface area contributed by atoms with Gasteiger partial charge in [-0.25, -0.2) is 4.98 Å². The van der Waals surface area contributed by atoms with Crippen LogP contribution in [0.2, 0.25) is 0 Å². The molecule has 0 aliphatic rings. The molecule has 1 N–H and O–H groups in total. The molecular formula is C11H19N3. The van der Waals surface area contributed by atoms with E-state index in [4.69, 9.17) is 0 Å². The highest BCUT2D eigenvalue weighted by molar-refractivity contribution is 5.40. The second kappa shape index (κ2) is 4.94. The van der Waals surface area contributed by atoms with Crippen LogP contribution in [0.1, 0.15) is 38.1 Å². The molecule has 78 valence electrons.